The van der Waals surface area contributed by atoms with Crippen molar-refractivity contribution in [2.75, 3.05) is 19.1 Å². The van der Waals surface area contributed by atoms with Crippen molar-refractivity contribution < 1.29 is 9.47 Å². The maximum Gasteiger partial charge on any atom is 0.122 e. The quantitative estimate of drug-likeness (QED) is 0.340. The topological polar surface area (TPSA) is 18.5 Å². The van der Waals surface area contributed by atoms with E-state index in [1.54, 1.807) is 0 Å². The molecule has 0 saturated heterocycles. The number of aryl methyl sites for hydroxylation is 1. The second-order valence-corrected chi connectivity index (χ2v) is 6.60. The number of hydrogen-bond donors (Lipinski definition) is 0. The van der Waals surface area contributed by atoms with Gasteiger partial charge in [0.25, 0.3) is 0 Å². The molecule has 0 bridgehead atoms. The number of unbranched alkanes of at least 4 members (excludes halogenated alkanes) is 4. The third-order valence-corrected chi connectivity index (χ3v) is 4.53. The molecule has 0 aliphatic rings. The van der Waals surface area contributed by atoms with Gasteiger partial charge in [-0.25, -0.2) is 0 Å². The molecule has 0 aliphatic carbocycles. The van der Waals surface area contributed by atoms with Crippen molar-refractivity contribution in [2.24, 2.45) is 0 Å². The highest BCUT2D eigenvalue weighted by molar-refractivity contribution is 6.17. The average Bonchev–Trinajstić information content (AvgIpc) is 2.60. The summed E-state index contributed by atoms with van der Waals surface area (Å²) in [5, 5.41) is 2.41. The lowest BCUT2D eigenvalue weighted by atomic mass is 10.0. The fourth-order valence-corrected chi connectivity index (χ4v) is 2.93. The van der Waals surface area contributed by atoms with Gasteiger partial charge in [-0.15, -0.1) is 11.6 Å². The molecule has 0 radical (unpaired) electrons. The lowest BCUT2D eigenvalue weighted by molar-refractivity contribution is 0.305. The van der Waals surface area contributed by atoms with E-state index in [2.05, 4.69) is 38.1 Å². The molecule has 2 rings (SSSR count). The molecule has 2 aromatic carbocycles. The highest BCUT2D eigenvalue weighted by Gasteiger charge is 2.06. The van der Waals surface area contributed by atoms with Crippen LogP contribution in [0.2, 0.25) is 0 Å². The second kappa shape index (κ2) is 10.5. The molecule has 0 saturated carbocycles. The number of ether oxygens (including phenoxy) is 2. The van der Waals surface area contributed by atoms with Gasteiger partial charge in [-0.2, -0.15) is 0 Å². The van der Waals surface area contributed by atoms with Gasteiger partial charge >= 0.3 is 0 Å². The number of hydrogen-bond acceptors (Lipinski definition) is 2. The molecule has 3 heteroatoms. The van der Waals surface area contributed by atoms with E-state index in [0.29, 0.717) is 12.5 Å². The van der Waals surface area contributed by atoms with Crippen molar-refractivity contribution in [3.63, 3.8) is 0 Å². The minimum Gasteiger partial charge on any atom is -0.494 e. The van der Waals surface area contributed by atoms with E-state index >= 15 is 0 Å². The van der Waals surface area contributed by atoms with Crippen LogP contribution in [-0.2, 0) is 0 Å². The van der Waals surface area contributed by atoms with Gasteiger partial charge in [0.2, 0.25) is 0 Å². The molecule has 0 atom stereocenters. The molecule has 0 aliphatic heterocycles. The Kier molecular flexibility index (Phi) is 8.24. The zero-order valence-electron chi connectivity index (χ0n) is 14.9. The summed E-state index contributed by atoms with van der Waals surface area (Å²) >= 11 is 5.70. The molecule has 0 amide bonds. The smallest absolute Gasteiger partial charge is 0.122 e. The van der Waals surface area contributed by atoms with Gasteiger partial charge in [-0.3, -0.25) is 0 Å². The van der Waals surface area contributed by atoms with E-state index in [0.717, 1.165) is 30.9 Å². The predicted octanol–water partition coefficient (Wildman–Crippen LogP) is 6.51. The molecule has 2 nitrogen and oxygen atoms in total. The number of alkyl halides is 1. The van der Waals surface area contributed by atoms with Crippen molar-refractivity contribution in [3.8, 4) is 11.5 Å². The van der Waals surface area contributed by atoms with E-state index in [4.69, 9.17) is 21.1 Å². The van der Waals surface area contributed by atoms with Gasteiger partial charge in [-0.05, 0) is 54.3 Å². The Labute approximate surface area is 151 Å². The van der Waals surface area contributed by atoms with E-state index in [-0.39, 0.29) is 0 Å². The van der Waals surface area contributed by atoms with Crippen molar-refractivity contribution in [1.29, 1.82) is 0 Å². The summed E-state index contributed by atoms with van der Waals surface area (Å²) < 4.78 is 11.7. The van der Waals surface area contributed by atoms with Crippen LogP contribution in [0, 0.1) is 6.92 Å². The maximum atomic E-state index is 5.90. The first-order valence-electron chi connectivity index (χ1n) is 9.11. The van der Waals surface area contributed by atoms with Gasteiger partial charge < -0.3 is 9.47 Å². The first-order chi connectivity index (χ1) is 11.8. The summed E-state index contributed by atoms with van der Waals surface area (Å²) in [6.45, 7) is 5.80. The lowest BCUT2D eigenvalue weighted by Gasteiger charge is -2.12. The fourth-order valence-electron chi connectivity index (χ4n) is 2.82. The van der Waals surface area contributed by atoms with Gasteiger partial charge in [0.1, 0.15) is 11.5 Å². The third-order valence-electron chi connectivity index (χ3n) is 4.26. The molecule has 0 unspecified atom stereocenters. The van der Waals surface area contributed by atoms with Crippen LogP contribution in [0.5, 0.6) is 11.5 Å². The second-order valence-electron chi connectivity index (χ2n) is 6.23. The molecule has 2 aromatic rings. The van der Waals surface area contributed by atoms with E-state index in [1.807, 2.05) is 6.07 Å². The molecular weight excluding hydrogens is 320 g/mol. The Morgan fingerprint density at radius 1 is 0.875 bits per heavy atom. The van der Waals surface area contributed by atoms with Gasteiger partial charge in [0.15, 0.2) is 0 Å². The number of benzene rings is 2. The maximum absolute atomic E-state index is 5.90. The minimum atomic E-state index is 0.631. The van der Waals surface area contributed by atoms with Crippen LogP contribution in [0.3, 0.4) is 0 Å². The SMILES string of the molecule is CCCCCCCOc1ccc2c(C)c(OCCCCl)ccc2c1. The van der Waals surface area contributed by atoms with Crippen LogP contribution in [0.15, 0.2) is 30.3 Å². The highest BCUT2D eigenvalue weighted by Crippen LogP contribution is 2.30. The summed E-state index contributed by atoms with van der Waals surface area (Å²) in [6, 6.07) is 10.5. The number of rotatable bonds is 11. The van der Waals surface area contributed by atoms with Crippen LogP contribution in [0.25, 0.3) is 10.8 Å². The summed E-state index contributed by atoms with van der Waals surface area (Å²) in [4.78, 5) is 0. The zero-order chi connectivity index (χ0) is 17.2. The van der Waals surface area contributed by atoms with Crippen LogP contribution >= 0.6 is 11.6 Å². The van der Waals surface area contributed by atoms with Crippen molar-refractivity contribution in [1.82, 2.24) is 0 Å². The first kappa shape index (κ1) is 18.9. The average molecular weight is 349 g/mol. The minimum absolute atomic E-state index is 0.631. The standard InChI is InChI=1S/C21H29ClO2/c1-3-4-5-6-7-14-23-19-10-11-20-17(2)21(24-15-8-13-22)12-9-18(20)16-19/h9-12,16H,3-8,13-15H2,1-2H3. The van der Waals surface area contributed by atoms with Crippen LogP contribution in [0.1, 0.15) is 51.0 Å². The molecule has 0 fully saturated rings. The van der Waals surface area contributed by atoms with Crippen molar-refractivity contribution >= 4 is 22.4 Å². The molecule has 0 heterocycles. The summed E-state index contributed by atoms with van der Waals surface area (Å²) in [7, 11) is 0. The lowest BCUT2D eigenvalue weighted by Crippen LogP contribution is -2.00. The predicted molar refractivity (Wildman–Crippen MR) is 104 cm³/mol. The zero-order valence-corrected chi connectivity index (χ0v) is 15.7. The normalized spacial score (nSPS) is 11.0. The van der Waals surface area contributed by atoms with E-state index in [9.17, 15) is 0 Å². The largest absolute Gasteiger partial charge is 0.494 e. The van der Waals surface area contributed by atoms with Gasteiger partial charge in [0, 0.05) is 5.88 Å². The Morgan fingerprint density at radius 3 is 2.46 bits per heavy atom. The van der Waals surface area contributed by atoms with Gasteiger partial charge in [-0.1, -0.05) is 44.7 Å². The summed E-state index contributed by atoms with van der Waals surface area (Å²) in [5.74, 6) is 2.52. The van der Waals surface area contributed by atoms with Crippen LogP contribution < -0.4 is 9.47 Å². The summed E-state index contributed by atoms with van der Waals surface area (Å²) in [5.41, 5.74) is 1.17. The first-order valence-corrected chi connectivity index (χ1v) is 9.64. The number of halogens is 1. The Morgan fingerprint density at radius 2 is 1.67 bits per heavy atom. The van der Waals surface area contributed by atoms with Crippen LogP contribution in [-0.4, -0.2) is 19.1 Å². The molecule has 24 heavy (non-hydrogen) atoms. The van der Waals surface area contributed by atoms with Crippen molar-refractivity contribution in [3.05, 3.63) is 35.9 Å². The monoisotopic (exact) mass is 348 g/mol. The number of fused-ring (bicyclic) bond motifs is 1. The Bertz CT molecular complexity index is 625. The van der Waals surface area contributed by atoms with Crippen LogP contribution in [0.4, 0.5) is 0 Å². The van der Waals surface area contributed by atoms with E-state index < -0.39 is 0 Å². The molecule has 132 valence electrons. The Balaban J connectivity index is 1.94. The fraction of sp³-hybridized carbons (Fsp3) is 0.524. The third kappa shape index (κ3) is 5.59. The molecule has 0 spiro atoms. The molecular formula is C21H29ClO2. The Hall–Kier alpha value is -1.41. The van der Waals surface area contributed by atoms with Crippen molar-refractivity contribution in [2.45, 2.75) is 52.4 Å². The molecule has 0 aromatic heterocycles. The summed E-state index contributed by atoms with van der Waals surface area (Å²) in [6.07, 6.45) is 7.16. The molecule has 0 N–H and O–H groups in total. The van der Waals surface area contributed by atoms with Gasteiger partial charge in [0.05, 0.1) is 13.2 Å². The highest BCUT2D eigenvalue weighted by atomic mass is 35.5. The van der Waals surface area contributed by atoms with E-state index in [1.165, 1.54) is 42.0 Å².